The maximum Gasteiger partial charge on any atom is 0.0575 e. The van der Waals surface area contributed by atoms with Crippen molar-refractivity contribution in [1.82, 2.24) is 5.32 Å². The zero-order chi connectivity index (χ0) is 12.3. The zero-order valence-corrected chi connectivity index (χ0v) is 11.8. The molecule has 0 spiro atoms. The smallest absolute Gasteiger partial charge is 0.0575 e. The highest BCUT2D eigenvalue weighted by molar-refractivity contribution is 4.66. The first-order chi connectivity index (χ1) is 8.36. The van der Waals surface area contributed by atoms with Crippen LogP contribution in [0.4, 0.5) is 0 Å². The lowest BCUT2D eigenvalue weighted by Crippen LogP contribution is -2.28. The molecule has 0 aromatic carbocycles. The van der Waals surface area contributed by atoms with Crippen LogP contribution in [0.1, 0.15) is 71.6 Å². The van der Waals surface area contributed by atoms with E-state index in [2.05, 4.69) is 19.2 Å². The maximum atomic E-state index is 6.01. The van der Waals surface area contributed by atoms with Gasteiger partial charge in [0.05, 0.1) is 6.10 Å². The topological polar surface area (TPSA) is 21.3 Å². The third-order valence-corrected chi connectivity index (χ3v) is 3.84. The van der Waals surface area contributed by atoms with E-state index in [1.807, 2.05) is 0 Å². The SMILES string of the molecule is CCNC(CC)CCCOC1CCCCCC1. The number of nitrogens with one attached hydrogen (secondary N) is 1. The minimum absolute atomic E-state index is 0.566. The highest BCUT2D eigenvalue weighted by Gasteiger charge is 2.12. The summed E-state index contributed by atoms with van der Waals surface area (Å²) in [5.74, 6) is 0. The molecule has 0 heterocycles. The van der Waals surface area contributed by atoms with Crippen LogP contribution in [0.25, 0.3) is 0 Å². The number of ether oxygens (including phenoxy) is 1. The van der Waals surface area contributed by atoms with Crippen molar-refractivity contribution < 1.29 is 4.74 Å². The standard InChI is InChI=1S/C15H31NO/c1-3-14(16-4-2)10-9-13-17-15-11-7-5-6-8-12-15/h14-16H,3-13H2,1-2H3. The Morgan fingerprint density at radius 1 is 1.12 bits per heavy atom. The Morgan fingerprint density at radius 3 is 2.41 bits per heavy atom. The molecule has 0 radical (unpaired) electrons. The molecule has 1 atom stereocenters. The first kappa shape index (κ1) is 15.0. The van der Waals surface area contributed by atoms with E-state index < -0.39 is 0 Å². The number of hydrogen-bond donors (Lipinski definition) is 1. The molecule has 1 rings (SSSR count). The first-order valence-electron chi connectivity index (χ1n) is 7.71. The lowest BCUT2D eigenvalue weighted by Gasteiger charge is -2.18. The molecule has 1 aliphatic rings. The molecule has 0 aromatic rings. The molecular formula is C15H31NO. The van der Waals surface area contributed by atoms with Crippen LogP contribution in [0.2, 0.25) is 0 Å². The van der Waals surface area contributed by atoms with E-state index >= 15 is 0 Å². The Kier molecular flexibility index (Phi) is 8.72. The average Bonchev–Trinajstić information content (AvgIpc) is 2.61. The Morgan fingerprint density at radius 2 is 1.82 bits per heavy atom. The molecule has 2 heteroatoms. The molecule has 17 heavy (non-hydrogen) atoms. The van der Waals surface area contributed by atoms with E-state index in [1.54, 1.807) is 0 Å². The first-order valence-corrected chi connectivity index (χ1v) is 7.71. The molecule has 1 aliphatic carbocycles. The van der Waals surface area contributed by atoms with Crippen molar-refractivity contribution in [1.29, 1.82) is 0 Å². The van der Waals surface area contributed by atoms with Gasteiger partial charge in [0.25, 0.3) is 0 Å². The fourth-order valence-electron chi connectivity index (χ4n) is 2.73. The molecule has 0 amide bonds. The summed E-state index contributed by atoms with van der Waals surface area (Å²) in [7, 11) is 0. The van der Waals surface area contributed by atoms with Gasteiger partial charge >= 0.3 is 0 Å². The second kappa shape index (κ2) is 9.90. The van der Waals surface area contributed by atoms with Crippen molar-refractivity contribution in [3.8, 4) is 0 Å². The maximum absolute atomic E-state index is 6.01. The second-order valence-corrected chi connectivity index (χ2v) is 5.29. The Balaban J connectivity index is 2.01. The van der Waals surface area contributed by atoms with Crippen LogP contribution in [-0.4, -0.2) is 25.3 Å². The van der Waals surface area contributed by atoms with Crippen LogP contribution in [-0.2, 0) is 4.74 Å². The third-order valence-electron chi connectivity index (χ3n) is 3.84. The van der Waals surface area contributed by atoms with Gasteiger partial charge in [-0.15, -0.1) is 0 Å². The largest absolute Gasteiger partial charge is 0.378 e. The Labute approximate surface area is 108 Å². The molecule has 2 nitrogen and oxygen atoms in total. The monoisotopic (exact) mass is 241 g/mol. The van der Waals surface area contributed by atoms with Crippen LogP contribution in [0.5, 0.6) is 0 Å². The van der Waals surface area contributed by atoms with Gasteiger partial charge in [-0.3, -0.25) is 0 Å². The quantitative estimate of drug-likeness (QED) is 0.514. The Bertz CT molecular complexity index is 164. The molecule has 0 bridgehead atoms. The van der Waals surface area contributed by atoms with E-state index in [0.29, 0.717) is 12.1 Å². The van der Waals surface area contributed by atoms with Crippen LogP contribution in [0, 0.1) is 0 Å². The van der Waals surface area contributed by atoms with Gasteiger partial charge in [-0.05, 0) is 38.6 Å². The van der Waals surface area contributed by atoms with Crippen molar-refractivity contribution in [2.75, 3.05) is 13.2 Å². The highest BCUT2D eigenvalue weighted by atomic mass is 16.5. The number of hydrogen-bond acceptors (Lipinski definition) is 2. The summed E-state index contributed by atoms with van der Waals surface area (Å²) in [5, 5.41) is 3.53. The minimum Gasteiger partial charge on any atom is -0.378 e. The molecule has 102 valence electrons. The van der Waals surface area contributed by atoms with Crippen molar-refractivity contribution in [2.45, 2.75) is 83.8 Å². The summed E-state index contributed by atoms with van der Waals surface area (Å²) in [6.07, 6.45) is 12.4. The summed E-state index contributed by atoms with van der Waals surface area (Å²) in [6, 6.07) is 0.692. The van der Waals surface area contributed by atoms with E-state index in [1.165, 1.54) is 57.8 Å². The fraction of sp³-hybridized carbons (Fsp3) is 1.00. The van der Waals surface area contributed by atoms with Gasteiger partial charge in [-0.2, -0.15) is 0 Å². The lowest BCUT2D eigenvalue weighted by atomic mass is 10.1. The van der Waals surface area contributed by atoms with Gasteiger partial charge in [0.15, 0.2) is 0 Å². The highest BCUT2D eigenvalue weighted by Crippen LogP contribution is 2.20. The molecular weight excluding hydrogens is 210 g/mol. The van der Waals surface area contributed by atoms with Crippen molar-refractivity contribution in [2.24, 2.45) is 0 Å². The van der Waals surface area contributed by atoms with Crippen LogP contribution in [0.3, 0.4) is 0 Å². The molecule has 1 N–H and O–H groups in total. The van der Waals surface area contributed by atoms with Crippen molar-refractivity contribution >= 4 is 0 Å². The van der Waals surface area contributed by atoms with Crippen LogP contribution in [0.15, 0.2) is 0 Å². The molecule has 1 unspecified atom stereocenters. The fourth-order valence-corrected chi connectivity index (χ4v) is 2.73. The summed E-state index contributed by atoms with van der Waals surface area (Å²) in [4.78, 5) is 0. The number of rotatable bonds is 8. The van der Waals surface area contributed by atoms with E-state index in [9.17, 15) is 0 Å². The van der Waals surface area contributed by atoms with Crippen molar-refractivity contribution in [3.63, 3.8) is 0 Å². The van der Waals surface area contributed by atoms with Gasteiger partial charge in [0.2, 0.25) is 0 Å². The van der Waals surface area contributed by atoms with Crippen molar-refractivity contribution in [3.05, 3.63) is 0 Å². The van der Waals surface area contributed by atoms with Gasteiger partial charge in [-0.25, -0.2) is 0 Å². The van der Waals surface area contributed by atoms with Gasteiger partial charge in [-0.1, -0.05) is 39.5 Å². The summed E-state index contributed by atoms with van der Waals surface area (Å²) in [6.45, 7) is 6.50. The predicted molar refractivity (Wildman–Crippen MR) is 74.4 cm³/mol. The average molecular weight is 241 g/mol. The normalized spacial score (nSPS) is 20.1. The van der Waals surface area contributed by atoms with Gasteiger partial charge < -0.3 is 10.1 Å². The zero-order valence-electron chi connectivity index (χ0n) is 11.8. The minimum atomic E-state index is 0.566. The Hall–Kier alpha value is -0.0800. The van der Waals surface area contributed by atoms with E-state index in [0.717, 1.165) is 13.2 Å². The van der Waals surface area contributed by atoms with Crippen LogP contribution >= 0.6 is 0 Å². The second-order valence-electron chi connectivity index (χ2n) is 5.29. The molecule has 1 fully saturated rings. The van der Waals surface area contributed by atoms with E-state index in [-0.39, 0.29) is 0 Å². The van der Waals surface area contributed by atoms with Gasteiger partial charge in [0, 0.05) is 12.6 Å². The summed E-state index contributed by atoms with van der Waals surface area (Å²) >= 11 is 0. The molecule has 0 saturated heterocycles. The molecule has 0 aromatic heterocycles. The van der Waals surface area contributed by atoms with Gasteiger partial charge in [0.1, 0.15) is 0 Å². The van der Waals surface area contributed by atoms with E-state index in [4.69, 9.17) is 4.74 Å². The lowest BCUT2D eigenvalue weighted by molar-refractivity contribution is 0.0398. The summed E-state index contributed by atoms with van der Waals surface area (Å²) < 4.78 is 6.01. The summed E-state index contributed by atoms with van der Waals surface area (Å²) in [5.41, 5.74) is 0. The third kappa shape index (κ3) is 7.05. The van der Waals surface area contributed by atoms with Crippen LogP contribution < -0.4 is 5.32 Å². The predicted octanol–water partition coefficient (Wildman–Crippen LogP) is 3.89. The molecule has 0 aliphatic heterocycles. The molecule has 1 saturated carbocycles.